The van der Waals surface area contributed by atoms with E-state index in [2.05, 4.69) is 48.6 Å². The summed E-state index contributed by atoms with van der Waals surface area (Å²) < 4.78 is 0. The predicted octanol–water partition coefficient (Wildman–Crippen LogP) is 4.72. The maximum atomic E-state index is 12.2. The fourth-order valence-electron chi connectivity index (χ4n) is 2.56. The lowest BCUT2D eigenvalue weighted by Crippen LogP contribution is -2.12. The number of fused-ring (bicyclic) bond motifs is 1. The van der Waals surface area contributed by atoms with Crippen molar-refractivity contribution in [3.8, 4) is 0 Å². The molecule has 0 saturated heterocycles. The Morgan fingerprint density at radius 2 is 1.64 bits per heavy atom. The van der Waals surface area contributed by atoms with E-state index in [0.29, 0.717) is 6.42 Å². The van der Waals surface area contributed by atoms with Crippen molar-refractivity contribution in [2.24, 2.45) is 0 Å². The fraction of sp³-hybridized carbons (Fsp3) is 0.150. The highest BCUT2D eigenvalue weighted by Gasteiger charge is 2.06. The van der Waals surface area contributed by atoms with Crippen LogP contribution in [0.2, 0.25) is 0 Å². The summed E-state index contributed by atoms with van der Waals surface area (Å²) in [6.45, 7) is 2.07. The smallest absolute Gasteiger partial charge is 0.224 e. The van der Waals surface area contributed by atoms with Crippen LogP contribution in [-0.4, -0.2) is 5.91 Å². The number of anilines is 1. The monoisotopic (exact) mass is 289 g/mol. The molecule has 0 bridgehead atoms. The molecule has 2 nitrogen and oxygen atoms in total. The maximum Gasteiger partial charge on any atom is 0.224 e. The number of nitrogens with one attached hydrogen (secondary N) is 1. The van der Waals surface area contributed by atoms with Gasteiger partial charge in [0.25, 0.3) is 0 Å². The number of aryl methyl sites for hydroxylation is 2. The molecule has 0 saturated carbocycles. The van der Waals surface area contributed by atoms with Gasteiger partial charge in [-0.3, -0.25) is 4.79 Å². The first-order valence-corrected chi connectivity index (χ1v) is 7.55. The first-order valence-electron chi connectivity index (χ1n) is 7.55. The van der Waals surface area contributed by atoms with Gasteiger partial charge < -0.3 is 5.32 Å². The third-order valence-electron chi connectivity index (χ3n) is 3.83. The molecule has 3 aromatic rings. The second-order valence-electron chi connectivity index (χ2n) is 5.56. The van der Waals surface area contributed by atoms with Gasteiger partial charge >= 0.3 is 0 Å². The summed E-state index contributed by atoms with van der Waals surface area (Å²) in [7, 11) is 0. The van der Waals surface area contributed by atoms with Crippen LogP contribution < -0.4 is 5.32 Å². The SMILES string of the molecule is Cc1ccc(CCC(=O)Nc2cccc3ccccc23)cc1. The van der Waals surface area contributed by atoms with Gasteiger partial charge in [0.15, 0.2) is 0 Å². The van der Waals surface area contributed by atoms with Crippen LogP contribution in [0.15, 0.2) is 66.7 Å². The Morgan fingerprint density at radius 1 is 0.909 bits per heavy atom. The molecule has 110 valence electrons. The van der Waals surface area contributed by atoms with E-state index in [-0.39, 0.29) is 5.91 Å². The number of benzene rings is 3. The molecular formula is C20H19NO. The lowest BCUT2D eigenvalue weighted by molar-refractivity contribution is -0.116. The van der Waals surface area contributed by atoms with E-state index in [1.54, 1.807) is 0 Å². The molecule has 0 spiro atoms. The van der Waals surface area contributed by atoms with Crippen LogP contribution in [-0.2, 0) is 11.2 Å². The number of rotatable bonds is 4. The molecule has 0 heterocycles. The zero-order valence-corrected chi connectivity index (χ0v) is 12.7. The van der Waals surface area contributed by atoms with Gasteiger partial charge in [-0.1, -0.05) is 66.2 Å². The van der Waals surface area contributed by atoms with Gasteiger partial charge in [0.1, 0.15) is 0 Å². The molecular weight excluding hydrogens is 270 g/mol. The van der Waals surface area contributed by atoms with Crippen LogP contribution in [0.25, 0.3) is 10.8 Å². The highest BCUT2D eigenvalue weighted by atomic mass is 16.1. The van der Waals surface area contributed by atoms with Gasteiger partial charge in [0.2, 0.25) is 5.91 Å². The Balaban J connectivity index is 1.67. The maximum absolute atomic E-state index is 12.2. The number of carbonyl (C=O) groups is 1. The van der Waals surface area contributed by atoms with Crippen molar-refractivity contribution in [1.82, 2.24) is 0 Å². The van der Waals surface area contributed by atoms with Gasteiger partial charge in [0, 0.05) is 17.5 Å². The van der Waals surface area contributed by atoms with E-state index in [1.165, 1.54) is 11.1 Å². The van der Waals surface area contributed by atoms with Crippen LogP contribution in [0, 0.1) is 6.92 Å². The van der Waals surface area contributed by atoms with Crippen LogP contribution in [0.4, 0.5) is 5.69 Å². The number of hydrogen-bond donors (Lipinski definition) is 1. The summed E-state index contributed by atoms with van der Waals surface area (Å²) in [4.78, 5) is 12.2. The third kappa shape index (κ3) is 3.34. The lowest BCUT2D eigenvalue weighted by Gasteiger charge is -2.09. The van der Waals surface area contributed by atoms with E-state index in [1.807, 2.05) is 30.3 Å². The first kappa shape index (κ1) is 14.3. The summed E-state index contributed by atoms with van der Waals surface area (Å²) in [6, 6.07) is 22.4. The molecule has 3 aromatic carbocycles. The normalized spacial score (nSPS) is 10.6. The van der Waals surface area contributed by atoms with Crippen molar-refractivity contribution in [3.63, 3.8) is 0 Å². The molecule has 0 aliphatic carbocycles. The number of carbonyl (C=O) groups excluding carboxylic acids is 1. The third-order valence-corrected chi connectivity index (χ3v) is 3.83. The van der Waals surface area contributed by atoms with Crippen LogP contribution in [0.3, 0.4) is 0 Å². The van der Waals surface area contributed by atoms with E-state index in [9.17, 15) is 4.79 Å². The average molecular weight is 289 g/mol. The largest absolute Gasteiger partial charge is 0.326 e. The molecule has 3 rings (SSSR count). The van der Waals surface area contributed by atoms with Crippen LogP contribution in [0.1, 0.15) is 17.5 Å². The summed E-state index contributed by atoms with van der Waals surface area (Å²) in [6.07, 6.45) is 1.25. The molecule has 0 atom stereocenters. The molecule has 0 aliphatic rings. The van der Waals surface area contributed by atoms with Crippen molar-refractivity contribution in [2.75, 3.05) is 5.32 Å². The molecule has 0 unspecified atom stereocenters. The molecule has 1 amide bonds. The van der Waals surface area contributed by atoms with E-state index < -0.39 is 0 Å². The summed E-state index contributed by atoms with van der Waals surface area (Å²) in [5.74, 6) is 0.0527. The fourth-order valence-corrected chi connectivity index (χ4v) is 2.56. The minimum atomic E-state index is 0.0527. The highest BCUT2D eigenvalue weighted by molar-refractivity contribution is 6.02. The van der Waals surface area contributed by atoms with Crippen LogP contribution >= 0.6 is 0 Å². The van der Waals surface area contributed by atoms with Gasteiger partial charge in [-0.05, 0) is 30.4 Å². The molecule has 0 aromatic heterocycles. The number of hydrogen-bond acceptors (Lipinski definition) is 1. The van der Waals surface area contributed by atoms with Gasteiger partial charge in [-0.15, -0.1) is 0 Å². The summed E-state index contributed by atoms with van der Waals surface area (Å²) >= 11 is 0. The quantitative estimate of drug-likeness (QED) is 0.740. The summed E-state index contributed by atoms with van der Waals surface area (Å²) in [5.41, 5.74) is 3.31. The van der Waals surface area contributed by atoms with Crippen molar-refractivity contribution < 1.29 is 4.79 Å². The zero-order chi connectivity index (χ0) is 15.4. The van der Waals surface area contributed by atoms with Crippen LogP contribution in [0.5, 0.6) is 0 Å². The van der Waals surface area contributed by atoms with E-state index >= 15 is 0 Å². The second kappa shape index (κ2) is 6.44. The number of amides is 1. The molecule has 0 aliphatic heterocycles. The average Bonchev–Trinajstić information content (AvgIpc) is 2.55. The molecule has 0 fully saturated rings. The minimum Gasteiger partial charge on any atom is -0.326 e. The molecule has 2 heteroatoms. The van der Waals surface area contributed by atoms with Crippen molar-refractivity contribution in [3.05, 3.63) is 77.9 Å². The molecule has 1 N–H and O–H groups in total. The zero-order valence-electron chi connectivity index (χ0n) is 12.7. The molecule has 22 heavy (non-hydrogen) atoms. The van der Waals surface area contributed by atoms with Gasteiger partial charge in [-0.25, -0.2) is 0 Å². The van der Waals surface area contributed by atoms with Crippen molar-refractivity contribution >= 4 is 22.4 Å². The minimum absolute atomic E-state index is 0.0527. The van der Waals surface area contributed by atoms with Gasteiger partial charge in [0.05, 0.1) is 0 Å². The predicted molar refractivity (Wildman–Crippen MR) is 92.1 cm³/mol. The highest BCUT2D eigenvalue weighted by Crippen LogP contribution is 2.23. The Kier molecular flexibility index (Phi) is 4.19. The van der Waals surface area contributed by atoms with Crippen molar-refractivity contribution in [2.45, 2.75) is 19.8 Å². The molecule has 0 radical (unpaired) electrons. The summed E-state index contributed by atoms with van der Waals surface area (Å²) in [5, 5.41) is 5.24. The topological polar surface area (TPSA) is 29.1 Å². The Morgan fingerprint density at radius 3 is 2.45 bits per heavy atom. The van der Waals surface area contributed by atoms with E-state index in [4.69, 9.17) is 0 Å². The van der Waals surface area contributed by atoms with Crippen molar-refractivity contribution in [1.29, 1.82) is 0 Å². The Labute approximate surface area is 130 Å². The standard InChI is InChI=1S/C20H19NO/c1-15-9-11-16(12-10-15)13-14-20(22)21-19-8-4-6-17-5-2-3-7-18(17)19/h2-12H,13-14H2,1H3,(H,21,22). The second-order valence-corrected chi connectivity index (χ2v) is 5.56. The van der Waals surface area contributed by atoms with E-state index in [0.717, 1.165) is 22.9 Å². The Bertz CT molecular complexity index is 785. The Hall–Kier alpha value is -2.61. The lowest BCUT2D eigenvalue weighted by atomic mass is 10.1. The first-order chi connectivity index (χ1) is 10.7. The van der Waals surface area contributed by atoms with Gasteiger partial charge in [-0.2, -0.15) is 0 Å².